The highest BCUT2D eigenvalue weighted by molar-refractivity contribution is 5.96. The van der Waals surface area contributed by atoms with Crippen molar-refractivity contribution in [3.8, 4) is 11.5 Å². The summed E-state index contributed by atoms with van der Waals surface area (Å²) in [4.78, 5) is 37.4. The maximum absolute atomic E-state index is 12.8. The van der Waals surface area contributed by atoms with Crippen molar-refractivity contribution in [1.82, 2.24) is 10.2 Å². The minimum absolute atomic E-state index is 0.0657. The second kappa shape index (κ2) is 9.25. The van der Waals surface area contributed by atoms with E-state index < -0.39 is 4.92 Å². The zero-order valence-electron chi connectivity index (χ0n) is 16.8. The van der Waals surface area contributed by atoms with Crippen LogP contribution in [-0.4, -0.2) is 55.0 Å². The summed E-state index contributed by atoms with van der Waals surface area (Å²) in [5.74, 6) is 0.532. The predicted molar refractivity (Wildman–Crippen MR) is 109 cm³/mol. The van der Waals surface area contributed by atoms with Crippen molar-refractivity contribution in [3.05, 3.63) is 63.7 Å². The third kappa shape index (κ3) is 4.86. The summed E-state index contributed by atoms with van der Waals surface area (Å²) in [7, 11) is 3.03. The number of benzene rings is 2. The van der Waals surface area contributed by atoms with Gasteiger partial charge in [-0.1, -0.05) is 0 Å². The molecule has 0 radical (unpaired) electrons. The van der Waals surface area contributed by atoms with Crippen LogP contribution in [0.25, 0.3) is 0 Å². The number of carbonyl (C=O) groups excluding carboxylic acids is 2. The van der Waals surface area contributed by atoms with Crippen molar-refractivity contribution in [2.45, 2.75) is 18.9 Å². The van der Waals surface area contributed by atoms with Crippen molar-refractivity contribution in [1.29, 1.82) is 0 Å². The molecule has 0 aliphatic carbocycles. The number of nitro groups is 1. The lowest BCUT2D eigenvalue weighted by molar-refractivity contribution is -0.384. The molecule has 2 aromatic rings. The van der Waals surface area contributed by atoms with Crippen LogP contribution in [0.2, 0.25) is 0 Å². The van der Waals surface area contributed by atoms with Gasteiger partial charge in [0.15, 0.2) is 0 Å². The zero-order chi connectivity index (χ0) is 21.7. The van der Waals surface area contributed by atoms with Crippen molar-refractivity contribution < 1.29 is 24.0 Å². The first kappa shape index (κ1) is 21.1. The number of carbonyl (C=O) groups is 2. The Morgan fingerprint density at radius 3 is 2.27 bits per heavy atom. The Kier molecular flexibility index (Phi) is 6.51. The Labute approximate surface area is 173 Å². The number of nitrogens with one attached hydrogen (secondary N) is 1. The van der Waals surface area contributed by atoms with E-state index in [-0.39, 0.29) is 23.5 Å². The van der Waals surface area contributed by atoms with Crippen LogP contribution in [0.3, 0.4) is 0 Å². The molecule has 1 N–H and O–H groups in total. The number of nitrogens with zero attached hydrogens (tertiary/aromatic N) is 2. The van der Waals surface area contributed by atoms with Crippen LogP contribution in [0.5, 0.6) is 11.5 Å². The Hall–Kier alpha value is -3.62. The summed E-state index contributed by atoms with van der Waals surface area (Å²) in [6.45, 7) is 0.928. The number of non-ortho nitro benzene ring substituents is 1. The van der Waals surface area contributed by atoms with Gasteiger partial charge in [0.2, 0.25) is 0 Å². The number of ether oxygens (including phenoxy) is 2. The van der Waals surface area contributed by atoms with E-state index in [2.05, 4.69) is 5.32 Å². The summed E-state index contributed by atoms with van der Waals surface area (Å²) in [5.41, 5.74) is 0.721. The first-order valence-electron chi connectivity index (χ1n) is 9.49. The van der Waals surface area contributed by atoms with Gasteiger partial charge in [-0.2, -0.15) is 0 Å². The molecule has 158 valence electrons. The van der Waals surface area contributed by atoms with Crippen LogP contribution in [0.1, 0.15) is 33.6 Å². The Morgan fingerprint density at radius 1 is 1.07 bits per heavy atom. The van der Waals surface area contributed by atoms with Crippen molar-refractivity contribution >= 4 is 17.5 Å². The summed E-state index contributed by atoms with van der Waals surface area (Å²) in [5, 5.41) is 13.7. The number of hydrogen-bond donors (Lipinski definition) is 1. The molecule has 0 saturated carbocycles. The maximum atomic E-state index is 12.8. The number of rotatable bonds is 6. The largest absolute Gasteiger partial charge is 0.497 e. The number of amides is 2. The molecule has 9 nitrogen and oxygen atoms in total. The summed E-state index contributed by atoms with van der Waals surface area (Å²) < 4.78 is 10.4. The molecule has 1 aliphatic rings. The molecular weight excluding hydrogens is 390 g/mol. The van der Waals surface area contributed by atoms with E-state index >= 15 is 0 Å². The molecule has 1 saturated heterocycles. The third-order valence-corrected chi connectivity index (χ3v) is 4.98. The van der Waals surface area contributed by atoms with Gasteiger partial charge < -0.3 is 19.7 Å². The molecule has 3 rings (SSSR count). The van der Waals surface area contributed by atoms with Gasteiger partial charge in [-0.15, -0.1) is 0 Å². The molecule has 1 aliphatic heterocycles. The van der Waals surface area contributed by atoms with Gasteiger partial charge in [-0.05, 0) is 37.1 Å². The number of methoxy groups -OCH3 is 2. The lowest BCUT2D eigenvalue weighted by Crippen LogP contribution is -2.49. The van der Waals surface area contributed by atoms with Crippen LogP contribution in [0.15, 0.2) is 42.5 Å². The van der Waals surface area contributed by atoms with Gasteiger partial charge in [0, 0.05) is 48.5 Å². The second-order valence-corrected chi connectivity index (χ2v) is 6.97. The van der Waals surface area contributed by atoms with Crippen LogP contribution in [0, 0.1) is 10.1 Å². The second-order valence-electron chi connectivity index (χ2n) is 6.97. The summed E-state index contributed by atoms with van der Waals surface area (Å²) >= 11 is 0. The van der Waals surface area contributed by atoms with Crippen molar-refractivity contribution in [2.24, 2.45) is 0 Å². The lowest BCUT2D eigenvalue weighted by Gasteiger charge is -2.33. The molecule has 2 aromatic carbocycles. The van der Waals surface area contributed by atoms with E-state index in [1.165, 1.54) is 38.5 Å². The molecule has 1 heterocycles. The van der Waals surface area contributed by atoms with Crippen LogP contribution in [-0.2, 0) is 0 Å². The zero-order valence-corrected chi connectivity index (χ0v) is 16.8. The first-order valence-corrected chi connectivity index (χ1v) is 9.49. The number of likely N-dealkylation sites (tertiary alicyclic amines) is 1. The third-order valence-electron chi connectivity index (χ3n) is 4.98. The molecule has 0 aromatic heterocycles. The average Bonchev–Trinajstić information content (AvgIpc) is 2.78. The molecule has 1 fully saturated rings. The Bertz CT molecular complexity index is 922. The van der Waals surface area contributed by atoms with Crippen LogP contribution < -0.4 is 14.8 Å². The Balaban J connectivity index is 1.66. The van der Waals surface area contributed by atoms with Crippen LogP contribution in [0.4, 0.5) is 5.69 Å². The van der Waals surface area contributed by atoms with Gasteiger partial charge in [-0.3, -0.25) is 19.7 Å². The predicted octanol–water partition coefficient (Wildman–Crippen LogP) is 2.65. The Morgan fingerprint density at radius 2 is 1.70 bits per heavy atom. The molecule has 0 spiro atoms. The standard InChI is InChI=1S/C21H23N3O6/c1-29-18-10-15(11-19(12-18)30-2)20(25)22-16-4-3-9-23(13-16)21(26)14-5-7-17(8-6-14)24(27)28/h5-8,10-12,16H,3-4,9,13H2,1-2H3,(H,22,25). The van der Waals surface area contributed by atoms with Gasteiger partial charge in [0.25, 0.3) is 17.5 Å². The number of nitro benzene ring substituents is 1. The molecular formula is C21H23N3O6. The highest BCUT2D eigenvalue weighted by Gasteiger charge is 2.26. The fourth-order valence-corrected chi connectivity index (χ4v) is 3.39. The summed E-state index contributed by atoms with van der Waals surface area (Å²) in [6, 6.07) is 10.3. The van der Waals surface area contributed by atoms with Gasteiger partial charge in [0.1, 0.15) is 11.5 Å². The highest BCUT2D eigenvalue weighted by atomic mass is 16.6. The lowest BCUT2D eigenvalue weighted by atomic mass is 10.0. The van der Waals surface area contributed by atoms with Gasteiger partial charge in [0.05, 0.1) is 19.1 Å². The minimum Gasteiger partial charge on any atom is -0.497 e. The molecule has 2 amide bonds. The van der Waals surface area contributed by atoms with E-state index in [0.717, 1.165) is 12.8 Å². The number of piperidine rings is 1. The van der Waals surface area contributed by atoms with Crippen LogP contribution >= 0.6 is 0 Å². The SMILES string of the molecule is COc1cc(OC)cc(C(=O)NC2CCCN(C(=O)c3ccc([N+](=O)[O-])cc3)C2)c1. The minimum atomic E-state index is -0.506. The first-order chi connectivity index (χ1) is 14.4. The van der Waals surface area contributed by atoms with E-state index in [9.17, 15) is 19.7 Å². The fraction of sp³-hybridized carbons (Fsp3) is 0.333. The highest BCUT2D eigenvalue weighted by Crippen LogP contribution is 2.23. The van der Waals surface area contributed by atoms with Gasteiger partial charge in [-0.25, -0.2) is 0 Å². The molecule has 1 atom stereocenters. The maximum Gasteiger partial charge on any atom is 0.269 e. The van der Waals surface area contributed by atoms with E-state index in [0.29, 0.717) is 35.7 Å². The fourth-order valence-electron chi connectivity index (χ4n) is 3.39. The van der Waals surface area contributed by atoms with Crippen molar-refractivity contribution in [2.75, 3.05) is 27.3 Å². The van der Waals surface area contributed by atoms with Crippen molar-refractivity contribution in [3.63, 3.8) is 0 Å². The average molecular weight is 413 g/mol. The monoisotopic (exact) mass is 413 g/mol. The molecule has 30 heavy (non-hydrogen) atoms. The smallest absolute Gasteiger partial charge is 0.269 e. The molecule has 9 heteroatoms. The van der Waals surface area contributed by atoms with E-state index in [1.807, 2.05) is 0 Å². The normalized spacial score (nSPS) is 15.9. The topological polar surface area (TPSA) is 111 Å². The number of hydrogen-bond acceptors (Lipinski definition) is 6. The molecule has 1 unspecified atom stereocenters. The van der Waals surface area contributed by atoms with E-state index in [1.54, 1.807) is 23.1 Å². The van der Waals surface area contributed by atoms with E-state index in [4.69, 9.17) is 9.47 Å². The molecule has 0 bridgehead atoms. The summed E-state index contributed by atoms with van der Waals surface area (Å²) in [6.07, 6.45) is 1.49. The quantitative estimate of drug-likeness (QED) is 0.576. The van der Waals surface area contributed by atoms with Gasteiger partial charge >= 0.3 is 0 Å².